The van der Waals surface area contributed by atoms with Crippen LogP contribution in [0.5, 0.6) is 0 Å². The quantitative estimate of drug-likeness (QED) is 0.356. The Labute approximate surface area is 212 Å². The van der Waals surface area contributed by atoms with E-state index < -0.39 is 41.4 Å². The monoisotopic (exact) mass is 569 g/mol. The van der Waals surface area contributed by atoms with Crippen LogP contribution in [-0.2, 0) is 10.9 Å². The number of aromatic nitrogens is 3. The molecule has 36 heavy (non-hydrogen) atoms. The Kier molecular flexibility index (Phi) is 7.44. The molecule has 0 fully saturated rings. The number of carbonyl (C=O) groups is 2. The summed E-state index contributed by atoms with van der Waals surface area (Å²) < 4.78 is 46.9. The number of hydrogen-bond donors (Lipinski definition) is 2. The number of ether oxygens (including phenoxy) is 1. The lowest BCUT2D eigenvalue weighted by Gasteiger charge is -2.25. The van der Waals surface area contributed by atoms with E-state index in [2.05, 4.69) is 36.4 Å². The normalized spacial score (nSPS) is 12.8. The van der Waals surface area contributed by atoms with Gasteiger partial charge in [-0.3, -0.25) is 0 Å². The second-order valence-corrected chi connectivity index (χ2v) is 9.84. The third-order valence-corrected chi connectivity index (χ3v) is 5.36. The lowest BCUT2D eigenvalue weighted by molar-refractivity contribution is -0.141. The van der Waals surface area contributed by atoms with Gasteiger partial charge in [0.25, 0.3) is 0 Å². The predicted molar refractivity (Wildman–Crippen MR) is 130 cm³/mol. The molecular weight excluding hydrogens is 547 g/mol. The molecule has 0 bridgehead atoms. The summed E-state index contributed by atoms with van der Waals surface area (Å²) in [5, 5.41) is 22.3. The van der Waals surface area contributed by atoms with Crippen LogP contribution in [0, 0.1) is 6.92 Å². The van der Waals surface area contributed by atoms with E-state index in [9.17, 15) is 27.9 Å². The number of pyridine rings is 1. The molecule has 0 aliphatic carbocycles. The number of anilines is 2. The molecule has 0 aliphatic rings. The first-order valence-electron chi connectivity index (χ1n) is 10.6. The molecule has 0 saturated carbocycles. The Balaban J connectivity index is 2.09. The number of alkyl halides is 3. The zero-order valence-corrected chi connectivity index (χ0v) is 21.5. The number of imide groups is 1. The first-order valence-corrected chi connectivity index (χ1v) is 11.4. The number of carbonyl (C=O) groups excluding carboxylic acids is 1. The fourth-order valence-corrected chi connectivity index (χ4v) is 3.64. The van der Waals surface area contributed by atoms with Crippen molar-refractivity contribution in [3.05, 3.63) is 51.9 Å². The zero-order valence-electron chi connectivity index (χ0n) is 19.9. The standard InChI is InChI=1S/C23H23BrF3N5O4/c1-11-15-7-6-13(24)8-16(15)19(31-30-11)28-12(2)17-9-14(10-18(29-17)23(25,26)27)32(20(33)34)21(35)36-22(3,4)5/h6-10,12H,1-5H3,(H,28,31)(H,33,34). The number of halogens is 4. The number of amides is 2. The van der Waals surface area contributed by atoms with Gasteiger partial charge in [0.05, 0.1) is 23.1 Å². The second-order valence-electron chi connectivity index (χ2n) is 8.92. The topological polar surface area (TPSA) is 118 Å². The van der Waals surface area contributed by atoms with Gasteiger partial charge in [-0.15, -0.1) is 5.10 Å². The molecule has 9 nitrogen and oxygen atoms in total. The lowest BCUT2D eigenvalue weighted by Crippen LogP contribution is -2.40. The van der Waals surface area contributed by atoms with E-state index in [-0.39, 0.29) is 16.4 Å². The SMILES string of the molecule is Cc1nnc(NC(C)c2cc(N(C(=O)O)C(=O)OC(C)(C)C)cc(C(F)(F)F)n2)c2cc(Br)ccc12. The second kappa shape index (κ2) is 9.88. The van der Waals surface area contributed by atoms with Crippen LogP contribution >= 0.6 is 15.9 Å². The number of nitrogens with one attached hydrogen (secondary N) is 1. The summed E-state index contributed by atoms with van der Waals surface area (Å²) in [6, 6.07) is 6.09. The summed E-state index contributed by atoms with van der Waals surface area (Å²) in [5.41, 5.74) is -2.54. The van der Waals surface area contributed by atoms with Crippen molar-refractivity contribution in [2.24, 2.45) is 0 Å². The van der Waals surface area contributed by atoms with Gasteiger partial charge < -0.3 is 15.2 Å². The molecule has 2 aromatic heterocycles. The van der Waals surface area contributed by atoms with Crippen molar-refractivity contribution in [2.75, 3.05) is 10.2 Å². The van der Waals surface area contributed by atoms with Crippen molar-refractivity contribution < 1.29 is 32.6 Å². The van der Waals surface area contributed by atoms with Gasteiger partial charge in [-0.05, 0) is 58.9 Å². The van der Waals surface area contributed by atoms with E-state index in [1.54, 1.807) is 13.0 Å². The van der Waals surface area contributed by atoms with Crippen LogP contribution in [-0.4, -0.2) is 38.1 Å². The highest BCUT2D eigenvalue weighted by Gasteiger charge is 2.36. The van der Waals surface area contributed by atoms with Gasteiger partial charge in [0.15, 0.2) is 5.82 Å². The van der Waals surface area contributed by atoms with Crippen LogP contribution in [0.25, 0.3) is 10.8 Å². The van der Waals surface area contributed by atoms with Crippen molar-refractivity contribution in [1.82, 2.24) is 15.2 Å². The van der Waals surface area contributed by atoms with Gasteiger partial charge in [0.1, 0.15) is 11.3 Å². The maximum absolute atomic E-state index is 13.7. The Morgan fingerprint density at radius 1 is 1.11 bits per heavy atom. The molecule has 0 spiro atoms. The van der Waals surface area contributed by atoms with Crippen molar-refractivity contribution in [1.29, 1.82) is 0 Å². The highest BCUT2D eigenvalue weighted by atomic mass is 79.9. The number of fused-ring (bicyclic) bond motifs is 1. The minimum absolute atomic E-state index is 0.108. The minimum atomic E-state index is -4.91. The fraction of sp³-hybridized carbons (Fsp3) is 0.348. The van der Waals surface area contributed by atoms with Crippen molar-refractivity contribution in [2.45, 2.75) is 52.4 Å². The van der Waals surface area contributed by atoms with E-state index in [0.29, 0.717) is 17.1 Å². The molecule has 0 aliphatic heterocycles. The number of rotatable bonds is 4. The highest BCUT2D eigenvalue weighted by Crippen LogP contribution is 2.34. The van der Waals surface area contributed by atoms with E-state index in [1.165, 1.54) is 27.7 Å². The largest absolute Gasteiger partial charge is 0.464 e. The number of carboxylic acid groups (broad SMARTS) is 1. The summed E-state index contributed by atoms with van der Waals surface area (Å²) >= 11 is 3.39. The summed E-state index contributed by atoms with van der Waals surface area (Å²) in [6.07, 6.45) is -8.07. The molecule has 2 heterocycles. The molecule has 0 radical (unpaired) electrons. The smallest absolute Gasteiger partial charge is 0.433 e. The maximum atomic E-state index is 13.7. The van der Waals surface area contributed by atoms with Crippen LogP contribution in [0.15, 0.2) is 34.8 Å². The average molecular weight is 570 g/mol. The molecule has 192 valence electrons. The molecule has 3 aromatic rings. The molecule has 1 aromatic carbocycles. The van der Waals surface area contributed by atoms with Crippen molar-refractivity contribution in [3.63, 3.8) is 0 Å². The number of benzene rings is 1. The van der Waals surface area contributed by atoms with Crippen LogP contribution in [0.1, 0.15) is 50.8 Å². The van der Waals surface area contributed by atoms with E-state index in [1.807, 2.05) is 12.1 Å². The predicted octanol–water partition coefficient (Wildman–Crippen LogP) is 6.71. The summed E-state index contributed by atoms with van der Waals surface area (Å²) in [6.45, 7) is 7.80. The number of aryl methyl sites for hydroxylation is 1. The number of hydrogen-bond acceptors (Lipinski definition) is 7. The molecule has 0 saturated heterocycles. The molecule has 1 unspecified atom stereocenters. The summed E-state index contributed by atoms with van der Waals surface area (Å²) in [5.74, 6) is 0.285. The van der Waals surface area contributed by atoms with Gasteiger partial charge in [0.2, 0.25) is 0 Å². The molecular formula is C23H23BrF3N5O4. The van der Waals surface area contributed by atoms with Crippen molar-refractivity contribution >= 4 is 50.4 Å². The Bertz CT molecular complexity index is 1330. The van der Waals surface area contributed by atoms with Gasteiger partial charge in [0, 0.05) is 15.2 Å². The highest BCUT2D eigenvalue weighted by molar-refractivity contribution is 9.10. The molecule has 13 heteroatoms. The fourth-order valence-electron chi connectivity index (χ4n) is 3.28. The summed E-state index contributed by atoms with van der Waals surface area (Å²) in [4.78, 5) is 28.2. The van der Waals surface area contributed by atoms with E-state index in [4.69, 9.17) is 4.74 Å². The minimum Gasteiger partial charge on any atom is -0.464 e. The summed E-state index contributed by atoms with van der Waals surface area (Å²) in [7, 11) is 0. The first kappa shape index (κ1) is 27.1. The van der Waals surface area contributed by atoms with E-state index >= 15 is 0 Å². The molecule has 2 N–H and O–H groups in total. The molecule has 1 atom stereocenters. The van der Waals surface area contributed by atoms with Crippen molar-refractivity contribution in [3.8, 4) is 0 Å². The third kappa shape index (κ3) is 6.20. The van der Waals surface area contributed by atoms with Gasteiger partial charge >= 0.3 is 18.4 Å². The van der Waals surface area contributed by atoms with Gasteiger partial charge in [-0.1, -0.05) is 22.0 Å². The van der Waals surface area contributed by atoms with Crippen LogP contribution in [0.3, 0.4) is 0 Å². The first-order chi connectivity index (χ1) is 16.6. The Morgan fingerprint density at radius 2 is 1.78 bits per heavy atom. The maximum Gasteiger partial charge on any atom is 0.433 e. The van der Waals surface area contributed by atoms with Crippen LogP contribution < -0.4 is 10.2 Å². The Morgan fingerprint density at radius 3 is 2.36 bits per heavy atom. The zero-order chi connectivity index (χ0) is 27.0. The Hall–Kier alpha value is -3.48. The van der Waals surface area contributed by atoms with E-state index in [0.717, 1.165) is 15.9 Å². The lowest BCUT2D eigenvalue weighted by atomic mass is 10.1. The van der Waals surface area contributed by atoms with Crippen LogP contribution in [0.2, 0.25) is 0 Å². The number of nitrogens with zero attached hydrogens (tertiary/aromatic N) is 4. The molecule has 2 amide bonds. The average Bonchev–Trinajstić information content (AvgIpc) is 2.73. The third-order valence-electron chi connectivity index (χ3n) is 4.87. The molecule has 3 rings (SSSR count). The van der Waals surface area contributed by atoms with Crippen LogP contribution in [0.4, 0.5) is 34.3 Å². The van der Waals surface area contributed by atoms with Gasteiger partial charge in [-0.2, -0.15) is 23.2 Å². The van der Waals surface area contributed by atoms with Gasteiger partial charge in [-0.25, -0.2) is 14.6 Å².